The highest BCUT2D eigenvalue weighted by atomic mass is 16.7. The van der Waals surface area contributed by atoms with E-state index >= 15 is 0 Å². The predicted molar refractivity (Wildman–Crippen MR) is 89.8 cm³/mol. The van der Waals surface area contributed by atoms with Crippen molar-refractivity contribution in [2.45, 2.75) is 0 Å². The normalized spacial score (nSPS) is 12.2. The van der Waals surface area contributed by atoms with Gasteiger partial charge in [-0.25, -0.2) is 0 Å². The molecule has 0 unspecified atom stereocenters. The number of hydrogen-bond donors (Lipinski definition) is 1. The molecule has 0 atom stereocenters. The first-order chi connectivity index (χ1) is 11.7. The van der Waals surface area contributed by atoms with E-state index in [1.54, 1.807) is 50.6 Å². The molecular weight excluding hydrogens is 310 g/mol. The van der Waals surface area contributed by atoms with Crippen LogP contribution in [0.25, 0.3) is 6.08 Å². The van der Waals surface area contributed by atoms with Gasteiger partial charge >= 0.3 is 0 Å². The van der Waals surface area contributed by atoms with Crippen LogP contribution in [0.5, 0.6) is 23.0 Å². The van der Waals surface area contributed by atoms with Crippen molar-refractivity contribution in [2.75, 3.05) is 26.3 Å². The minimum absolute atomic E-state index is 0.200. The van der Waals surface area contributed by atoms with Crippen LogP contribution in [0.1, 0.15) is 5.56 Å². The maximum absolute atomic E-state index is 12.0. The first-order valence-electron chi connectivity index (χ1n) is 7.30. The Kier molecular flexibility index (Phi) is 4.56. The Morgan fingerprint density at radius 1 is 1.04 bits per heavy atom. The molecule has 0 saturated carbocycles. The molecule has 0 fully saturated rings. The van der Waals surface area contributed by atoms with E-state index in [0.717, 1.165) is 5.56 Å². The number of ether oxygens (including phenoxy) is 4. The van der Waals surface area contributed by atoms with E-state index in [0.29, 0.717) is 28.7 Å². The zero-order valence-corrected chi connectivity index (χ0v) is 13.4. The van der Waals surface area contributed by atoms with E-state index < -0.39 is 0 Å². The predicted octanol–water partition coefficient (Wildman–Crippen LogP) is 3.08. The number of benzene rings is 2. The van der Waals surface area contributed by atoms with Crippen LogP contribution >= 0.6 is 0 Å². The van der Waals surface area contributed by atoms with Gasteiger partial charge in [-0.15, -0.1) is 0 Å². The quantitative estimate of drug-likeness (QED) is 0.855. The molecule has 1 amide bonds. The van der Waals surface area contributed by atoms with Crippen molar-refractivity contribution in [3.63, 3.8) is 0 Å². The summed E-state index contributed by atoms with van der Waals surface area (Å²) < 4.78 is 20.9. The Morgan fingerprint density at radius 2 is 1.83 bits per heavy atom. The van der Waals surface area contributed by atoms with Gasteiger partial charge in [0.1, 0.15) is 0 Å². The molecule has 24 heavy (non-hydrogen) atoms. The van der Waals surface area contributed by atoms with Crippen LogP contribution in [-0.4, -0.2) is 26.9 Å². The number of rotatable bonds is 5. The number of hydrogen-bond acceptors (Lipinski definition) is 5. The molecule has 0 aromatic heterocycles. The molecule has 0 spiro atoms. The smallest absolute Gasteiger partial charge is 0.248 e. The van der Waals surface area contributed by atoms with E-state index in [9.17, 15) is 4.79 Å². The van der Waals surface area contributed by atoms with Crippen molar-refractivity contribution in [2.24, 2.45) is 0 Å². The third-order valence-corrected chi connectivity index (χ3v) is 3.47. The number of methoxy groups -OCH3 is 2. The summed E-state index contributed by atoms with van der Waals surface area (Å²) in [5, 5.41) is 2.78. The van der Waals surface area contributed by atoms with Gasteiger partial charge in [-0.3, -0.25) is 4.79 Å². The third-order valence-electron chi connectivity index (χ3n) is 3.47. The average molecular weight is 327 g/mol. The molecule has 1 aliphatic rings. The van der Waals surface area contributed by atoms with Crippen molar-refractivity contribution >= 4 is 17.7 Å². The van der Waals surface area contributed by atoms with E-state index in [4.69, 9.17) is 18.9 Å². The minimum Gasteiger partial charge on any atom is -0.493 e. The van der Waals surface area contributed by atoms with Gasteiger partial charge in [0, 0.05) is 17.8 Å². The minimum atomic E-state index is -0.247. The highest BCUT2D eigenvalue weighted by molar-refractivity contribution is 6.02. The lowest BCUT2D eigenvalue weighted by Crippen LogP contribution is -2.07. The molecule has 0 radical (unpaired) electrons. The molecule has 1 heterocycles. The Labute approximate surface area is 139 Å². The van der Waals surface area contributed by atoms with Crippen molar-refractivity contribution in [3.05, 3.63) is 48.0 Å². The van der Waals surface area contributed by atoms with E-state index in [1.807, 2.05) is 6.07 Å². The van der Waals surface area contributed by atoms with Gasteiger partial charge in [0.05, 0.1) is 14.2 Å². The lowest BCUT2D eigenvalue weighted by molar-refractivity contribution is -0.111. The maximum atomic E-state index is 12.0. The largest absolute Gasteiger partial charge is 0.493 e. The third kappa shape index (κ3) is 3.43. The second-order valence-electron chi connectivity index (χ2n) is 5.01. The van der Waals surface area contributed by atoms with Gasteiger partial charge in [0.25, 0.3) is 0 Å². The number of nitrogens with one attached hydrogen (secondary N) is 1. The number of carbonyl (C=O) groups excluding carboxylic acids is 1. The first kappa shape index (κ1) is 15.7. The number of fused-ring (bicyclic) bond motifs is 1. The van der Waals surface area contributed by atoms with E-state index in [2.05, 4.69) is 5.32 Å². The van der Waals surface area contributed by atoms with Crippen LogP contribution < -0.4 is 24.3 Å². The molecule has 6 heteroatoms. The van der Waals surface area contributed by atoms with Crippen LogP contribution in [0.4, 0.5) is 5.69 Å². The average Bonchev–Trinajstić information content (AvgIpc) is 3.07. The molecule has 2 aromatic rings. The fourth-order valence-corrected chi connectivity index (χ4v) is 2.29. The van der Waals surface area contributed by atoms with Gasteiger partial charge in [-0.2, -0.15) is 0 Å². The molecule has 3 rings (SSSR count). The summed E-state index contributed by atoms with van der Waals surface area (Å²) in [7, 11) is 3.14. The molecule has 1 aliphatic heterocycles. The molecule has 2 aromatic carbocycles. The van der Waals surface area contributed by atoms with E-state index in [-0.39, 0.29) is 12.7 Å². The molecule has 0 bridgehead atoms. The van der Waals surface area contributed by atoms with E-state index in [1.165, 1.54) is 6.08 Å². The molecule has 124 valence electrons. The van der Waals surface area contributed by atoms with Crippen molar-refractivity contribution in [3.8, 4) is 23.0 Å². The Bertz CT molecular complexity index is 785. The molecule has 1 N–H and O–H groups in total. The van der Waals surface area contributed by atoms with Gasteiger partial charge in [-0.1, -0.05) is 6.07 Å². The summed E-state index contributed by atoms with van der Waals surface area (Å²) in [5.74, 6) is 2.30. The number of carbonyl (C=O) groups is 1. The number of anilines is 1. The Morgan fingerprint density at radius 3 is 2.62 bits per heavy atom. The molecule has 6 nitrogen and oxygen atoms in total. The highest BCUT2D eigenvalue weighted by Crippen LogP contribution is 2.34. The fraction of sp³-hybridized carbons (Fsp3) is 0.167. The van der Waals surface area contributed by atoms with Crippen LogP contribution in [0.3, 0.4) is 0 Å². The summed E-state index contributed by atoms with van der Waals surface area (Å²) >= 11 is 0. The summed E-state index contributed by atoms with van der Waals surface area (Å²) in [4.78, 5) is 12.0. The van der Waals surface area contributed by atoms with Crippen molar-refractivity contribution in [1.82, 2.24) is 0 Å². The Balaban J connectivity index is 1.67. The lowest BCUT2D eigenvalue weighted by atomic mass is 10.2. The maximum Gasteiger partial charge on any atom is 0.248 e. The van der Waals surface area contributed by atoms with Crippen LogP contribution in [-0.2, 0) is 4.79 Å². The summed E-state index contributed by atoms with van der Waals surface area (Å²) in [6, 6.07) is 10.7. The second-order valence-corrected chi connectivity index (χ2v) is 5.01. The zero-order chi connectivity index (χ0) is 16.9. The Hall–Kier alpha value is -3.15. The van der Waals surface area contributed by atoms with Crippen LogP contribution in [0.15, 0.2) is 42.5 Å². The standard InChI is InChI=1S/C18H17NO5/c1-21-14-6-3-12(9-16(14)22-2)4-8-18(20)19-13-5-7-15-17(10-13)24-11-23-15/h3-10H,11H2,1-2H3,(H,19,20). The lowest BCUT2D eigenvalue weighted by Gasteiger charge is -2.07. The monoisotopic (exact) mass is 327 g/mol. The fourth-order valence-electron chi connectivity index (χ4n) is 2.29. The summed E-state index contributed by atoms with van der Waals surface area (Å²) in [6.45, 7) is 0.200. The van der Waals surface area contributed by atoms with Crippen molar-refractivity contribution in [1.29, 1.82) is 0 Å². The molecule has 0 saturated heterocycles. The second kappa shape index (κ2) is 6.95. The van der Waals surface area contributed by atoms with Crippen molar-refractivity contribution < 1.29 is 23.7 Å². The first-order valence-corrected chi connectivity index (χ1v) is 7.30. The highest BCUT2D eigenvalue weighted by Gasteiger charge is 2.13. The zero-order valence-electron chi connectivity index (χ0n) is 13.4. The van der Waals surface area contributed by atoms with Gasteiger partial charge in [0.15, 0.2) is 23.0 Å². The van der Waals surface area contributed by atoms with Gasteiger partial charge < -0.3 is 24.3 Å². The van der Waals surface area contributed by atoms with Gasteiger partial charge in [-0.05, 0) is 35.9 Å². The van der Waals surface area contributed by atoms with Crippen LogP contribution in [0, 0.1) is 0 Å². The summed E-state index contributed by atoms with van der Waals surface area (Å²) in [5.41, 5.74) is 1.47. The number of amides is 1. The topological polar surface area (TPSA) is 66.0 Å². The van der Waals surface area contributed by atoms with Crippen LogP contribution in [0.2, 0.25) is 0 Å². The SMILES string of the molecule is COc1ccc(C=CC(=O)Nc2ccc3c(c2)OCO3)cc1OC. The molecular formula is C18H17NO5. The van der Waals surface area contributed by atoms with Gasteiger partial charge in [0.2, 0.25) is 12.7 Å². The summed E-state index contributed by atoms with van der Waals surface area (Å²) in [6.07, 6.45) is 3.15. The molecule has 0 aliphatic carbocycles.